The zero-order valence-electron chi connectivity index (χ0n) is 11.8. The van der Waals surface area contributed by atoms with Gasteiger partial charge in [0.15, 0.2) is 5.69 Å². The average molecular weight is 295 g/mol. The van der Waals surface area contributed by atoms with Crippen molar-refractivity contribution in [1.29, 1.82) is 0 Å². The maximum Gasteiger partial charge on any atom is 0.269 e. The number of primary amides is 1. The minimum absolute atomic E-state index is 0.0354. The third kappa shape index (κ3) is 1.99. The molecule has 0 aliphatic carbocycles. The molecule has 110 valence electrons. The first-order chi connectivity index (χ1) is 10.5. The highest BCUT2D eigenvalue weighted by atomic mass is 16.1. The van der Waals surface area contributed by atoms with Crippen LogP contribution in [-0.4, -0.2) is 20.4 Å². The molecule has 0 spiro atoms. The highest BCUT2D eigenvalue weighted by Crippen LogP contribution is 2.32. The number of amides is 1. The molecule has 0 saturated heterocycles. The number of nitrogen functional groups attached to an aromatic ring is 1. The van der Waals surface area contributed by atoms with Crippen LogP contribution in [-0.2, 0) is 7.05 Å². The quantitative estimate of drug-likeness (QED) is 0.721. The fraction of sp³-hybridized carbons (Fsp3) is 0.0667. The number of hydrogen-bond donors (Lipinski definition) is 2. The maximum atomic E-state index is 11.9. The Bertz CT molecular complexity index is 962. The van der Waals surface area contributed by atoms with Crippen LogP contribution in [0.3, 0.4) is 0 Å². The molecule has 3 rings (SSSR count). The summed E-state index contributed by atoms with van der Waals surface area (Å²) in [5.41, 5.74) is 13.3. The minimum Gasteiger partial charge on any atom is -0.396 e. The van der Waals surface area contributed by atoms with E-state index in [-0.39, 0.29) is 16.9 Å². The zero-order chi connectivity index (χ0) is 15.9. The molecule has 4 N–H and O–H groups in total. The molecule has 0 unspecified atom stereocenters. The van der Waals surface area contributed by atoms with Crippen molar-refractivity contribution in [3.8, 4) is 11.3 Å². The fourth-order valence-electron chi connectivity index (χ4n) is 2.37. The summed E-state index contributed by atoms with van der Waals surface area (Å²) in [6, 6.07) is 8.19. The van der Waals surface area contributed by atoms with E-state index in [2.05, 4.69) is 9.97 Å². The Labute approximate surface area is 125 Å². The number of nitrogens with two attached hydrogens (primary N) is 2. The average Bonchev–Trinajstić information content (AvgIpc) is 2.50. The second kappa shape index (κ2) is 4.96. The first-order valence-electron chi connectivity index (χ1n) is 6.51. The molecule has 0 bridgehead atoms. The van der Waals surface area contributed by atoms with Gasteiger partial charge in [-0.05, 0) is 18.2 Å². The molecule has 3 heterocycles. The van der Waals surface area contributed by atoms with Crippen LogP contribution in [0.5, 0.6) is 0 Å². The Hall–Kier alpha value is -3.22. The summed E-state index contributed by atoms with van der Waals surface area (Å²) in [5, 5.41) is 0. The molecule has 0 atom stereocenters. The summed E-state index contributed by atoms with van der Waals surface area (Å²) in [6.45, 7) is 0. The summed E-state index contributed by atoms with van der Waals surface area (Å²) in [7, 11) is 1.62. The van der Waals surface area contributed by atoms with E-state index >= 15 is 0 Å². The van der Waals surface area contributed by atoms with Crippen LogP contribution in [0.2, 0.25) is 0 Å². The number of anilines is 1. The van der Waals surface area contributed by atoms with E-state index in [0.29, 0.717) is 22.3 Å². The van der Waals surface area contributed by atoms with Gasteiger partial charge in [-0.3, -0.25) is 14.6 Å². The van der Waals surface area contributed by atoms with E-state index in [0.717, 1.165) is 0 Å². The number of carbonyl (C=O) groups is 1. The SMILES string of the molecule is Cn1c(-c2c(N)c(C(N)=O)nc3cccnc23)cccc1=O. The number of pyridine rings is 3. The normalized spacial score (nSPS) is 10.8. The number of carbonyl (C=O) groups excluding carboxylic acids is 1. The summed E-state index contributed by atoms with van der Waals surface area (Å²) in [5.74, 6) is -0.731. The minimum atomic E-state index is -0.731. The van der Waals surface area contributed by atoms with Gasteiger partial charge in [-0.15, -0.1) is 0 Å². The molecule has 0 radical (unpaired) electrons. The predicted molar refractivity (Wildman–Crippen MR) is 83.1 cm³/mol. The van der Waals surface area contributed by atoms with Gasteiger partial charge in [0.05, 0.1) is 22.5 Å². The number of aromatic nitrogens is 3. The molecule has 7 nitrogen and oxygen atoms in total. The van der Waals surface area contributed by atoms with E-state index in [4.69, 9.17) is 11.5 Å². The molecule has 0 fully saturated rings. The highest BCUT2D eigenvalue weighted by molar-refractivity contribution is 6.06. The van der Waals surface area contributed by atoms with Crippen molar-refractivity contribution in [2.75, 3.05) is 5.73 Å². The van der Waals surface area contributed by atoms with Gasteiger partial charge in [-0.2, -0.15) is 0 Å². The molecular formula is C15H13N5O2. The van der Waals surface area contributed by atoms with Crippen molar-refractivity contribution in [3.63, 3.8) is 0 Å². The van der Waals surface area contributed by atoms with Gasteiger partial charge < -0.3 is 16.0 Å². The highest BCUT2D eigenvalue weighted by Gasteiger charge is 2.19. The van der Waals surface area contributed by atoms with E-state index < -0.39 is 5.91 Å². The molecule has 0 saturated carbocycles. The largest absolute Gasteiger partial charge is 0.396 e. The van der Waals surface area contributed by atoms with Crippen LogP contribution in [0, 0.1) is 0 Å². The number of fused-ring (bicyclic) bond motifs is 1. The lowest BCUT2D eigenvalue weighted by molar-refractivity contribution is 0.0997. The van der Waals surface area contributed by atoms with Crippen molar-refractivity contribution < 1.29 is 4.79 Å². The first kappa shape index (κ1) is 13.7. The van der Waals surface area contributed by atoms with Gasteiger partial charge in [0.2, 0.25) is 0 Å². The second-order valence-corrected chi connectivity index (χ2v) is 4.79. The molecule has 1 amide bonds. The van der Waals surface area contributed by atoms with Gasteiger partial charge in [-0.1, -0.05) is 6.07 Å². The van der Waals surface area contributed by atoms with Crippen LogP contribution in [0.25, 0.3) is 22.3 Å². The summed E-state index contributed by atoms with van der Waals surface area (Å²) in [4.78, 5) is 31.9. The summed E-state index contributed by atoms with van der Waals surface area (Å²) < 4.78 is 1.44. The number of rotatable bonds is 2. The van der Waals surface area contributed by atoms with E-state index in [1.54, 1.807) is 37.5 Å². The van der Waals surface area contributed by atoms with Crippen molar-refractivity contribution in [3.05, 3.63) is 52.6 Å². The molecule has 0 aliphatic rings. The standard InChI is InChI=1S/C15H13N5O2/c1-20-9(5-2-6-10(20)21)11-12(16)14(15(17)22)19-8-4-3-7-18-13(8)11/h2-7H,16H2,1H3,(H2,17,22). The van der Waals surface area contributed by atoms with Crippen LogP contribution < -0.4 is 17.0 Å². The van der Waals surface area contributed by atoms with Gasteiger partial charge in [0.1, 0.15) is 5.52 Å². The Kier molecular flexibility index (Phi) is 3.10. The van der Waals surface area contributed by atoms with Gasteiger partial charge in [-0.25, -0.2) is 4.98 Å². The van der Waals surface area contributed by atoms with Gasteiger partial charge in [0.25, 0.3) is 11.5 Å². The van der Waals surface area contributed by atoms with E-state index in [1.165, 1.54) is 10.6 Å². The lowest BCUT2D eigenvalue weighted by Gasteiger charge is -2.14. The number of hydrogen-bond acceptors (Lipinski definition) is 5. The van der Waals surface area contributed by atoms with Crippen molar-refractivity contribution in [2.45, 2.75) is 0 Å². The van der Waals surface area contributed by atoms with Crippen LogP contribution in [0.4, 0.5) is 5.69 Å². The monoisotopic (exact) mass is 295 g/mol. The fourth-order valence-corrected chi connectivity index (χ4v) is 2.37. The molecule has 3 aromatic rings. The van der Waals surface area contributed by atoms with Crippen LogP contribution in [0.15, 0.2) is 41.3 Å². The molecule has 0 aliphatic heterocycles. The zero-order valence-corrected chi connectivity index (χ0v) is 11.8. The Morgan fingerprint density at radius 3 is 2.73 bits per heavy atom. The van der Waals surface area contributed by atoms with Gasteiger partial charge in [0, 0.05) is 19.3 Å². The Morgan fingerprint density at radius 2 is 2.00 bits per heavy atom. The van der Waals surface area contributed by atoms with E-state index in [1.807, 2.05) is 0 Å². The molecule has 7 heteroatoms. The lowest BCUT2D eigenvalue weighted by Crippen LogP contribution is -2.20. The predicted octanol–water partition coefficient (Wildman–Crippen LogP) is 0.677. The topological polar surface area (TPSA) is 117 Å². The molecule has 22 heavy (non-hydrogen) atoms. The van der Waals surface area contributed by atoms with E-state index in [9.17, 15) is 9.59 Å². The summed E-state index contributed by atoms with van der Waals surface area (Å²) in [6.07, 6.45) is 1.60. The Balaban J connectivity index is 2.51. The third-order valence-corrected chi connectivity index (χ3v) is 3.45. The third-order valence-electron chi connectivity index (χ3n) is 3.45. The van der Waals surface area contributed by atoms with Crippen molar-refractivity contribution in [2.24, 2.45) is 12.8 Å². The van der Waals surface area contributed by atoms with Crippen LogP contribution >= 0.6 is 0 Å². The maximum absolute atomic E-state index is 11.9. The Morgan fingerprint density at radius 1 is 1.23 bits per heavy atom. The smallest absolute Gasteiger partial charge is 0.269 e. The van der Waals surface area contributed by atoms with Crippen molar-refractivity contribution >= 4 is 22.6 Å². The summed E-state index contributed by atoms with van der Waals surface area (Å²) >= 11 is 0. The molecule has 0 aromatic carbocycles. The van der Waals surface area contributed by atoms with Crippen molar-refractivity contribution in [1.82, 2.24) is 14.5 Å². The van der Waals surface area contributed by atoms with Gasteiger partial charge >= 0.3 is 0 Å². The lowest BCUT2D eigenvalue weighted by atomic mass is 10.0. The molecular weight excluding hydrogens is 282 g/mol. The van der Waals surface area contributed by atoms with Crippen LogP contribution in [0.1, 0.15) is 10.5 Å². The first-order valence-corrected chi connectivity index (χ1v) is 6.51. The second-order valence-electron chi connectivity index (χ2n) is 4.79. The number of nitrogens with zero attached hydrogens (tertiary/aromatic N) is 3. The molecule has 3 aromatic heterocycles.